The van der Waals surface area contributed by atoms with E-state index in [4.69, 9.17) is 9.47 Å². The maximum atomic E-state index is 14.3. The molecule has 0 aromatic heterocycles. The van der Waals surface area contributed by atoms with Gasteiger partial charge in [0, 0.05) is 40.2 Å². The van der Waals surface area contributed by atoms with Crippen LogP contribution in [0.3, 0.4) is 0 Å². The molecule has 39 heavy (non-hydrogen) atoms. The van der Waals surface area contributed by atoms with Crippen LogP contribution >= 0.6 is 0 Å². The molecule has 0 amide bonds. The Bertz CT molecular complexity index is 1470. The summed E-state index contributed by atoms with van der Waals surface area (Å²) in [5, 5.41) is 0. The second-order valence-electron chi connectivity index (χ2n) is 12.5. The van der Waals surface area contributed by atoms with Crippen LogP contribution in [0.2, 0.25) is 0 Å². The molecule has 202 valence electrons. The van der Waals surface area contributed by atoms with Gasteiger partial charge in [0.05, 0.1) is 31.7 Å². The fourth-order valence-corrected chi connectivity index (χ4v) is 6.19. The highest BCUT2D eigenvalue weighted by atomic mass is 19.3. The second kappa shape index (κ2) is 7.49. The lowest BCUT2D eigenvalue weighted by molar-refractivity contribution is -0.0263. The number of carbonyl (C=O) groups excluding carboxylic acids is 1. The highest BCUT2D eigenvalue weighted by molar-refractivity contribution is 5.97. The molecule has 5 nitrogen and oxygen atoms in total. The molecule has 3 aromatic carbocycles. The zero-order valence-electron chi connectivity index (χ0n) is 22.3. The molecule has 0 bridgehead atoms. The molecule has 4 heterocycles. The molecule has 0 radical (unpaired) electrons. The first-order chi connectivity index (χ1) is 18.3. The van der Waals surface area contributed by atoms with E-state index in [0.29, 0.717) is 33.9 Å². The molecule has 2 fully saturated rings. The molecule has 1 spiro atoms. The van der Waals surface area contributed by atoms with Crippen molar-refractivity contribution in [2.45, 2.75) is 50.3 Å². The number of carbonyl (C=O) groups is 1. The zero-order chi connectivity index (χ0) is 27.5. The summed E-state index contributed by atoms with van der Waals surface area (Å²) in [6, 6.07) is 16.8. The topological polar surface area (TPSA) is 42.0 Å². The van der Waals surface area contributed by atoms with Gasteiger partial charge in [0.2, 0.25) is 0 Å². The largest absolute Gasteiger partial charge is 0.456 e. The third-order valence-electron chi connectivity index (χ3n) is 8.26. The van der Waals surface area contributed by atoms with Crippen LogP contribution in [0.1, 0.15) is 60.3 Å². The van der Waals surface area contributed by atoms with Crippen molar-refractivity contribution in [3.8, 4) is 11.5 Å². The van der Waals surface area contributed by atoms with Crippen LogP contribution in [0, 0.1) is 0 Å². The first kappa shape index (κ1) is 24.4. The molecule has 0 aliphatic carbocycles. The van der Waals surface area contributed by atoms with Gasteiger partial charge < -0.3 is 19.3 Å². The van der Waals surface area contributed by atoms with Crippen LogP contribution < -0.4 is 14.5 Å². The van der Waals surface area contributed by atoms with Gasteiger partial charge in [0.25, 0.3) is 5.92 Å². The SMILES string of the molecule is CC1(F)CN(c2ccc3c(c2)Oc2cc(N4CC(F)(F)C4)ccc2C32OC(=O)c3ccc(C(C)(C)C)cc32)C1. The van der Waals surface area contributed by atoms with Crippen molar-refractivity contribution in [2.75, 3.05) is 36.0 Å². The van der Waals surface area contributed by atoms with E-state index in [1.165, 1.54) is 0 Å². The average molecular weight is 535 g/mol. The van der Waals surface area contributed by atoms with E-state index < -0.39 is 23.2 Å². The summed E-state index contributed by atoms with van der Waals surface area (Å²) >= 11 is 0. The summed E-state index contributed by atoms with van der Waals surface area (Å²) in [5.74, 6) is -2.23. The molecule has 1 atom stereocenters. The van der Waals surface area contributed by atoms with Gasteiger partial charge in [-0.2, -0.15) is 0 Å². The minimum absolute atomic E-state index is 0.175. The van der Waals surface area contributed by atoms with Crippen molar-refractivity contribution in [3.63, 3.8) is 0 Å². The van der Waals surface area contributed by atoms with Crippen LogP contribution in [-0.2, 0) is 15.8 Å². The van der Waals surface area contributed by atoms with Crippen LogP contribution in [-0.4, -0.2) is 43.7 Å². The quantitative estimate of drug-likeness (QED) is 0.349. The first-order valence-electron chi connectivity index (χ1n) is 13.2. The van der Waals surface area contributed by atoms with Crippen molar-refractivity contribution in [1.29, 1.82) is 0 Å². The van der Waals surface area contributed by atoms with Crippen molar-refractivity contribution < 1.29 is 27.4 Å². The average Bonchev–Trinajstić information content (AvgIpc) is 3.12. The number of hydrogen-bond acceptors (Lipinski definition) is 5. The summed E-state index contributed by atoms with van der Waals surface area (Å²) < 4.78 is 54.3. The van der Waals surface area contributed by atoms with E-state index in [0.717, 1.165) is 16.8 Å². The minimum atomic E-state index is -2.72. The molecule has 0 N–H and O–H groups in total. The van der Waals surface area contributed by atoms with E-state index in [2.05, 4.69) is 20.8 Å². The standard InChI is InChI=1S/C31H29F3N2O3/c1-28(2,3)18-5-8-21-24(11-18)31(39-27(21)37)22-9-6-19(35-14-29(4,32)15-35)12-25(22)38-26-13-20(7-10-23(26)31)36-16-30(33,34)17-36/h5-13H,14-17H2,1-4H3. The molecular weight excluding hydrogens is 505 g/mol. The second-order valence-corrected chi connectivity index (χ2v) is 12.5. The number of fused-ring (bicyclic) bond motifs is 6. The van der Waals surface area contributed by atoms with Crippen molar-refractivity contribution >= 4 is 17.3 Å². The van der Waals surface area contributed by atoms with Gasteiger partial charge in [-0.3, -0.25) is 0 Å². The summed E-state index contributed by atoms with van der Waals surface area (Å²) in [6.07, 6.45) is 0. The Kier molecular flexibility index (Phi) is 4.68. The normalized spacial score (nSPS) is 23.7. The van der Waals surface area contributed by atoms with Gasteiger partial charge in [-0.1, -0.05) is 26.8 Å². The Balaban J connectivity index is 1.41. The van der Waals surface area contributed by atoms with E-state index >= 15 is 0 Å². The van der Waals surface area contributed by atoms with Gasteiger partial charge >= 0.3 is 5.97 Å². The van der Waals surface area contributed by atoms with Crippen molar-refractivity contribution in [1.82, 2.24) is 0 Å². The summed E-state index contributed by atoms with van der Waals surface area (Å²) in [5.41, 5.74) is 2.28. The van der Waals surface area contributed by atoms with Crippen LogP contribution in [0.15, 0.2) is 54.6 Å². The van der Waals surface area contributed by atoms with E-state index in [1.807, 2.05) is 47.4 Å². The fraction of sp³-hybridized carbons (Fsp3) is 0.387. The van der Waals surface area contributed by atoms with Crippen LogP contribution in [0.25, 0.3) is 0 Å². The van der Waals surface area contributed by atoms with E-state index in [-0.39, 0.29) is 31.6 Å². The van der Waals surface area contributed by atoms with Gasteiger partial charge in [-0.05, 0) is 54.3 Å². The van der Waals surface area contributed by atoms with E-state index in [1.54, 1.807) is 24.0 Å². The zero-order valence-corrected chi connectivity index (χ0v) is 22.3. The summed E-state index contributed by atoms with van der Waals surface area (Å²) in [4.78, 5) is 16.8. The van der Waals surface area contributed by atoms with Crippen molar-refractivity contribution in [3.05, 3.63) is 82.4 Å². The number of ether oxygens (including phenoxy) is 2. The molecule has 2 saturated heterocycles. The first-order valence-corrected chi connectivity index (χ1v) is 13.2. The molecule has 4 aliphatic rings. The lowest BCUT2D eigenvalue weighted by atomic mass is 9.75. The third-order valence-corrected chi connectivity index (χ3v) is 8.26. The predicted octanol–water partition coefficient (Wildman–Crippen LogP) is 6.56. The number of esters is 1. The predicted molar refractivity (Wildman–Crippen MR) is 142 cm³/mol. The van der Waals surface area contributed by atoms with Gasteiger partial charge in [-0.25, -0.2) is 18.0 Å². The van der Waals surface area contributed by atoms with Gasteiger partial charge in [-0.15, -0.1) is 0 Å². The smallest absolute Gasteiger partial charge is 0.340 e. The third kappa shape index (κ3) is 3.56. The molecule has 1 unspecified atom stereocenters. The lowest BCUT2D eigenvalue weighted by Crippen LogP contribution is -2.57. The van der Waals surface area contributed by atoms with Crippen molar-refractivity contribution in [2.24, 2.45) is 0 Å². The number of anilines is 2. The molecule has 7 rings (SSSR count). The van der Waals surface area contributed by atoms with Gasteiger partial charge in [0.1, 0.15) is 17.2 Å². The Labute approximate surface area is 225 Å². The number of rotatable bonds is 2. The van der Waals surface area contributed by atoms with Crippen LogP contribution in [0.4, 0.5) is 24.5 Å². The maximum absolute atomic E-state index is 14.3. The Morgan fingerprint density at radius 3 is 1.85 bits per heavy atom. The number of benzene rings is 3. The Morgan fingerprint density at radius 1 is 0.769 bits per heavy atom. The van der Waals surface area contributed by atoms with Gasteiger partial charge in [0.15, 0.2) is 5.60 Å². The summed E-state index contributed by atoms with van der Waals surface area (Å²) in [7, 11) is 0. The van der Waals surface area contributed by atoms with E-state index in [9.17, 15) is 18.0 Å². The molecule has 0 saturated carbocycles. The highest BCUT2D eigenvalue weighted by Gasteiger charge is 2.54. The number of halogens is 3. The Morgan fingerprint density at radius 2 is 1.33 bits per heavy atom. The number of nitrogens with zero attached hydrogens (tertiary/aromatic N) is 2. The monoisotopic (exact) mass is 534 g/mol. The highest BCUT2D eigenvalue weighted by Crippen LogP contribution is 2.58. The Hall–Kier alpha value is -3.68. The van der Waals surface area contributed by atoms with Crippen LogP contribution in [0.5, 0.6) is 11.5 Å². The maximum Gasteiger partial charge on any atom is 0.340 e. The minimum Gasteiger partial charge on any atom is -0.456 e. The fourth-order valence-electron chi connectivity index (χ4n) is 6.19. The summed E-state index contributed by atoms with van der Waals surface area (Å²) in [6.45, 7) is 7.73. The molecule has 3 aromatic rings. The lowest BCUT2D eigenvalue weighted by Gasteiger charge is -2.44. The number of alkyl halides is 3. The number of hydrogen-bond donors (Lipinski definition) is 0. The molecule has 8 heteroatoms. The molecule has 4 aliphatic heterocycles. The molecular formula is C31H29F3N2O3.